The van der Waals surface area contributed by atoms with Crippen molar-refractivity contribution >= 4 is 64.1 Å². The number of imidazole rings is 8. The van der Waals surface area contributed by atoms with Gasteiger partial charge in [0, 0.05) is 170 Å². The summed E-state index contributed by atoms with van der Waals surface area (Å²) in [4.78, 5) is 188. The van der Waals surface area contributed by atoms with Crippen molar-refractivity contribution in [1.29, 1.82) is 0 Å². The van der Waals surface area contributed by atoms with Crippen LogP contribution in [0.4, 0.5) is 0 Å². The van der Waals surface area contributed by atoms with E-state index >= 15 is 0 Å². The van der Waals surface area contributed by atoms with Gasteiger partial charge in [-0.15, -0.1) is 0 Å². The van der Waals surface area contributed by atoms with Gasteiger partial charge in [0.15, 0.2) is 0 Å². The highest BCUT2D eigenvalue weighted by Gasteiger charge is 2.37. The minimum atomic E-state index is -1.54. The summed E-state index contributed by atoms with van der Waals surface area (Å²) in [6, 6.07) is -5.61. The molecule has 494 valence electrons. The van der Waals surface area contributed by atoms with E-state index in [1.807, 2.05) is 18.2 Å². The van der Waals surface area contributed by atoms with Gasteiger partial charge in [0.2, 0.25) is 47.3 Å². The summed E-state index contributed by atoms with van der Waals surface area (Å²) < 4.78 is 0. The van der Waals surface area contributed by atoms with Gasteiger partial charge >= 0.3 is 5.97 Å². The predicted octanol–water partition coefficient (Wildman–Crippen LogP) is -3.27. The van der Waals surface area contributed by atoms with Crippen molar-refractivity contribution in [2.75, 3.05) is 0 Å². The largest absolute Gasteiger partial charge is 0.480 e. The Bertz CT molecular complexity index is 4080. The predicted molar refractivity (Wildman–Crippen MR) is 331 cm³/mol. The van der Waals surface area contributed by atoms with Gasteiger partial charge in [0.05, 0.1) is 56.7 Å². The fourth-order valence-corrected chi connectivity index (χ4v) is 10.4. The topological polar surface area (TPSA) is 541 Å². The second-order valence-corrected chi connectivity index (χ2v) is 22.2. The lowest BCUT2D eigenvalue weighted by atomic mass is 10.0. The van der Waals surface area contributed by atoms with Crippen LogP contribution >= 0.6 is 0 Å². The number of H-pyrrole nitrogens is 9. The van der Waals surface area contributed by atoms with Gasteiger partial charge in [0.1, 0.15) is 48.3 Å². The molecule has 0 spiro atoms. The Kier molecular flexibility index (Phi) is 21.8. The molecule has 9 atom stereocenters. The van der Waals surface area contributed by atoms with E-state index in [9.17, 15) is 48.3 Å². The number of aromatic nitrogens is 17. The third-order valence-electron chi connectivity index (χ3n) is 15.3. The molecular formula is C59H68N26O10. The summed E-state index contributed by atoms with van der Waals surface area (Å²) in [5.41, 5.74) is 10.9. The first kappa shape index (κ1) is 65.6. The number of nitrogens with zero attached hydrogens (tertiary/aromatic N) is 8. The molecule has 0 fully saturated rings. The van der Waals surface area contributed by atoms with Gasteiger partial charge in [-0.1, -0.05) is 18.2 Å². The standard InChI is InChI=1S/C59H68N26O10/c60-41(6-32-15-61-23-70-32)51(86)78-43(7-33-16-62-24-71-33)52(87)79-44(8-34-17-63-25-72-34)53(88)80-45(9-35-18-64-26-73-35)54(89)81-46(10-36-19-65-27-74-36)55(90)82-47(11-37-20-66-28-75-37)56(91)83-48(12-38-21-67-29-76-38)57(92)84-49(13-39-22-68-30-77-39)58(93)85-50(59(94)95)5-31-14-69-42-4-2-1-3-40(31)42/h1-4,14-30,41,43-50,69H,5-13,60H2,(H,61,70)(H,62,71)(H,63,72)(H,64,73)(H,65,74)(H,66,75)(H,67,76)(H,68,77)(H,78,86)(H,79,87)(H,80,88)(H,81,89)(H,82,90)(H,83,91)(H,84,92)(H,85,93)(H,94,95)/t41-,43-,44-,45-,46-,47-,48-,49-,50-/m0/s1. The summed E-state index contributed by atoms with van der Waals surface area (Å²) >= 11 is 0. The van der Waals surface area contributed by atoms with Gasteiger partial charge < -0.3 is 98.2 Å². The van der Waals surface area contributed by atoms with Crippen LogP contribution in [-0.2, 0) is 101 Å². The molecule has 0 aliphatic carbocycles. The van der Waals surface area contributed by atoms with Crippen molar-refractivity contribution in [1.82, 2.24) is 127 Å². The number of aromatic amines is 9. The van der Waals surface area contributed by atoms with Crippen molar-refractivity contribution in [3.63, 3.8) is 0 Å². The Balaban J connectivity index is 0.874. The first-order valence-corrected chi connectivity index (χ1v) is 29.8. The smallest absolute Gasteiger partial charge is 0.326 e. The zero-order chi connectivity index (χ0) is 66.6. The quantitative estimate of drug-likeness (QED) is 0.0185. The van der Waals surface area contributed by atoms with Crippen molar-refractivity contribution < 1.29 is 48.3 Å². The highest BCUT2D eigenvalue weighted by atomic mass is 16.4. The van der Waals surface area contributed by atoms with Crippen LogP contribution in [0.15, 0.2) is 131 Å². The summed E-state index contributed by atoms with van der Waals surface area (Å²) in [5.74, 6) is -8.25. The number of carboxylic acids is 1. The Morgan fingerprint density at radius 3 is 0.821 bits per heavy atom. The number of carboxylic acid groups (broad SMARTS) is 1. The Morgan fingerprint density at radius 2 is 0.568 bits per heavy atom. The molecule has 0 unspecified atom stereocenters. The maximum Gasteiger partial charge on any atom is 0.326 e. The molecule has 0 saturated heterocycles. The molecular weight excluding hydrogens is 1230 g/mol. The van der Waals surface area contributed by atoms with E-state index in [1.165, 1.54) is 100 Å². The van der Waals surface area contributed by atoms with Gasteiger partial charge in [0.25, 0.3) is 0 Å². The number of para-hydroxylation sites is 1. The maximum atomic E-state index is 15.0. The third-order valence-corrected chi connectivity index (χ3v) is 15.3. The van der Waals surface area contributed by atoms with Crippen LogP contribution in [0.1, 0.15) is 51.1 Å². The summed E-state index contributed by atoms with van der Waals surface area (Å²) in [7, 11) is 0. The van der Waals surface area contributed by atoms with E-state index in [-0.39, 0.29) is 57.8 Å². The molecule has 8 amide bonds. The SMILES string of the molecule is N[C@@H](Cc1cnc[nH]1)C(=O)N[C@@H](Cc1cnc[nH]1)C(=O)N[C@@H](Cc1cnc[nH]1)C(=O)N[C@@H](Cc1cnc[nH]1)C(=O)N[C@@H](Cc1cnc[nH]1)C(=O)N[C@@H](Cc1cnc[nH]1)C(=O)N[C@@H](Cc1cnc[nH]1)C(=O)N[C@@H](Cc1cnc[nH]1)C(=O)N[C@@H](Cc1c[nH]c2ccccc12)C(=O)O. The lowest BCUT2D eigenvalue weighted by Crippen LogP contribution is -2.61. The van der Waals surface area contributed by atoms with Gasteiger partial charge in [-0.2, -0.15) is 0 Å². The summed E-state index contributed by atoms with van der Waals surface area (Å²) in [6.07, 6.45) is 22.5. The lowest BCUT2D eigenvalue weighted by molar-refractivity contribution is -0.142. The number of benzene rings is 1. The molecule has 10 aromatic rings. The maximum absolute atomic E-state index is 15.0. The number of fused-ring (bicyclic) bond motifs is 1. The zero-order valence-corrected chi connectivity index (χ0v) is 50.5. The number of aliphatic carboxylic acids is 1. The minimum Gasteiger partial charge on any atom is -0.480 e. The molecule has 1 aromatic carbocycles. The molecule has 36 heteroatoms. The van der Waals surface area contributed by atoms with Crippen LogP contribution in [0.5, 0.6) is 0 Å². The van der Waals surface area contributed by atoms with E-state index < -0.39 is 108 Å². The molecule has 36 nitrogen and oxygen atoms in total. The Labute approximate surface area is 537 Å². The van der Waals surface area contributed by atoms with Gasteiger partial charge in [-0.3, -0.25) is 38.4 Å². The normalized spacial score (nSPS) is 14.2. The Morgan fingerprint density at radius 1 is 0.326 bits per heavy atom. The third kappa shape index (κ3) is 18.4. The number of hydrogen-bond donors (Lipinski definition) is 19. The molecule has 9 heterocycles. The Hall–Kier alpha value is -12.4. The molecule has 0 bridgehead atoms. The number of carbonyl (C=O) groups is 9. The number of rotatable bonds is 35. The summed E-state index contributed by atoms with van der Waals surface area (Å²) in [6.45, 7) is 0. The van der Waals surface area contributed by atoms with Crippen LogP contribution in [0.25, 0.3) is 10.9 Å². The highest BCUT2D eigenvalue weighted by Crippen LogP contribution is 2.20. The van der Waals surface area contributed by atoms with Crippen molar-refractivity contribution in [2.45, 2.75) is 112 Å². The molecule has 20 N–H and O–H groups in total. The molecule has 95 heavy (non-hydrogen) atoms. The zero-order valence-electron chi connectivity index (χ0n) is 50.5. The van der Waals surface area contributed by atoms with Gasteiger partial charge in [-0.05, 0) is 11.6 Å². The van der Waals surface area contributed by atoms with E-state index in [0.29, 0.717) is 51.1 Å². The average molecular weight is 1300 g/mol. The monoisotopic (exact) mass is 1300 g/mol. The van der Waals surface area contributed by atoms with Crippen molar-refractivity contribution in [2.24, 2.45) is 5.73 Å². The molecule has 10 rings (SSSR count). The number of hydrogen-bond acceptors (Lipinski definition) is 18. The first-order chi connectivity index (χ1) is 46.1. The number of nitrogens with one attached hydrogen (secondary N) is 17. The average Bonchev–Trinajstić information content (AvgIpc) is 1.79. The molecule has 9 aromatic heterocycles. The first-order valence-electron chi connectivity index (χ1n) is 29.8. The van der Waals surface area contributed by atoms with E-state index in [4.69, 9.17) is 5.73 Å². The van der Waals surface area contributed by atoms with Crippen molar-refractivity contribution in [3.8, 4) is 0 Å². The minimum absolute atomic E-state index is 0.0587. The second-order valence-electron chi connectivity index (χ2n) is 22.2. The van der Waals surface area contributed by atoms with E-state index in [1.54, 1.807) is 12.3 Å². The number of carbonyl (C=O) groups excluding carboxylic acids is 8. The van der Waals surface area contributed by atoms with Crippen LogP contribution in [0, 0.1) is 0 Å². The summed E-state index contributed by atoms with van der Waals surface area (Å²) in [5, 5.41) is 32.7. The molecule has 0 aliphatic rings. The van der Waals surface area contributed by atoms with Crippen LogP contribution in [0.2, 0.25) is 0 Å². The van der Waals surface area contributed by atoms with E-state index in [0.717, 1.165) is 10.9 Å². The number of nitrogens with two attached hydrogens (primary N) is 1. The number of amides is 8. The van der Waals surface area contributed by atoms with Crippen molar-refractivity contribution in [3.05, 3.63) is 182 Å². The fourth-order valence-electron chi connectivity index (χ4n) is 10.4. The lowest BCUT2D eigenvalue weighted by Gasteiger charge is -2.28. The highest BCUT2D eigenvalue weighted by molar-refractivity contribution is 5.99. The van der Waals surface area contributed by atoms with Crippen LogP contribution in [-0.4, -0.2) is 197 Å². The van der Waals surface area contributed by atoms with Gasteiger partial charge in [-0.25, -0.2) is 44.7 Å². The fraction of sp³-hybridized carbons (Fsp3) is 0.305. The molecule has 0 saturated carbocycles. The molecule has 0 aliphatic heterocycles. The van der Waals surface area contributed by atoms with Crippen LogP contribution in [0.3, 0.4) is 0 Å². The van der Waals surface area contributed by atoms with E-state index in [2.05, 4.69) is 127 Å². The van der Waals surface area contributed by atoms with Crippen LogP contribution < -0.4 is 48.3 Å². The second kappa shape index (κ2) is 31.6. The molecule has 0 radical (unpaired) electrons.